The van der Waals surface area contributed by atoms with E-state index >= 15 is 0 Å². The van der Waals surface area contributed by atoms with Gasteiger partial charge in [-0.1, -0.05) is 45.4 Å². The molecule has 0 aromatic rings. The van der Waals surface area contributed by atoms with Crippen molar-refractivity contribution < 1.29 is 5.11 Å². The number of aliphatic hydroxyl groups excluding tert-OH is 1. The highest BCUT2D eigenvalue weighted by Crippen LogP contribution is 2.08. The molecule has 1 N–H and O–H groups in total. The molecule has 12 heavy (non-hydrogen) atoms. The Morgan fingerprint density at radius 3 is 2.25 bits per heavy atom. The molecule has 0 rings (SSSR count). The van der Waals surface area contributed by atoms with E-state index in [2.05, 4.69) is 6.92 Å². The molecule has 0 bridgehead atoms. The number of halogens is 1. The number of hydrogen-bond donors (Lipinski definition) is 1. The lowest BCUT2D eigenvalue weighted by Crippen LogP contribution is -2.07. The lowest BCUT2D eigenvalue weighted by atomic mass is 10.1. The van der Waals surface area contributed by atoms with Crippen molar-refractivity contribution in [3.8, 4) is 0 Å². The van der Waals surface area contributed by atoms with E-state index in [4.69, 9.17) is 16.7 Å². The summed E-state index contributed by atoms with van der Waals surface area (Å²) < 4.78 is 0. The fraction of sp³-hybridized carbons (Fsp3) is 1.00. The van der Waals surface area contributed by atoms with Crippen LogP contribution in [0.15, 0.2) is 0 Å². The van der Waals surface area contributed by atoms with E-state index in [1.807, 2.05) is 0 Å². The average Bonchev–Trinajstić information content (AvgIpc) is 2.10. The van der Waals surface area contributed by atoms with E-state index in [1.165, 1.54) is 32.1 Å². The minimum Gasteiger partial charge on any atom is -0.392 e. The van der Waals surface area contributed by atoms with E-state index < -0.39 is 0 Å². The Labute approximate surface area is 81.1 Å². The van der Waals surface area contributed by atoms with Gasteiger partial charge in [-0.15, -0.1) is 11.6 Å². The fourth-order valence-electron chi connectivity index (χ4n) is 1.24. The first-order valence-corrected chi connectivity index (χ1v) is 5.58. The third kappa shape index (κ3) is 8.35. The Kier molecular flexibility index (Phi) is 9.53. The highest BCUT2D eigenvalue weighted by molar-refractivity contribution is 6.18. The Morgan fingerprint density at radius 2 is 1.67 bits per heavy atom. The van der Waals surface area contributed by atoms with Gasteiger partial charge in [-0.05, 0) is 6.42 Å². The SMILES string of the molecule is CCCCCCCCC(O)CCl. The molecule has 1 atom stereocenters. The molecule has 0 radical (unpaired) electrons. The molecule has 0 heterocycles. The van der Waals surface area contributed by atoms with Crippen molar-refractivity contribution >= 4 is 11.6 Å². The van der Waals surface area contributed by atoms with Crippen molar-refractivity contribution in [3.05, 3.63) is 0 Å². The summed E-state index contributed by atoms with van der Waals surface area (Å²) in [6, 6.07) is 0. The minimum atomic E-state index is -0.280. The summed E-state index contributed by atoms with van der Waals surface area (Å²) in [6.45, 7) is 2.22. The molecule has 1 unspecified atom stereocenters. The zero-order chi connectivity index (χ0) is 9.23. The number of unbranched alkanes of at least 4 members (excludes halogenated alkanes) is 5. The molecular weight excluding hydrogens is 172 g/mol. The van der Waals surface area contributed by atoms with E-state index in [-0.39, 0.29) is 6.10 Å². The monoisotopic (exact) mass is 192 g/mol. The summed E-state index contributed by atoms with van der Waals surface area (Å²) in [6.07, 6.45) is 8.25. The first kappa shape index (κ1) is 12.2. The molecule has 0 aromatic heterocycles. The quantitative estimate of drug-likeness (QED) is 0.462. The van der Waals surface area contributed by atoms with Crippen LogP contribution in [0.4, 0.5) is 0 Å². The normalized spacial score (nSPS) is 13.2. The molecule has 0 aliphatic carbocycles. The first-order valence-electron chi connectivity index (χ1n) is 5.05. The van der Waals surface area contributed by atoms with Crippen LogP contribution in [0.25, 0.3) is 0 Å². The highest BCUT2D eigenvalue weighted by atomic mass is 35.5. The molecular formula is C10H21ClO. The Morgan fingerprint density at radius 1 is 1.08 bits per heavy atom. The highest BCUT2D eigenvalue weighted by Gasteiger charge is 2.00. The van der Waals surface area contributed by atoms with Crippen LogP contribution >= 0.6 is 11.6 Å². The summed E-state index contributed by atoms with van der Waals surface area (Å²) in [5.41, 5.74) is 0. The van der Waals surface area contributed by atoms with Crippen LogP contribution in [0.2, 0.25) is 0 Å². The lowest BCUT2D eigenvalue weighted by Gasteiger charge is -2.05. The number of aliphatic hydroxyl groups is 1. The van der Waals surface area contributed by atoms with Crippen LogP contribution in [-0.2, 0) is 0 Å². The van der Waals surface area contributed by atoms with Gasteiger partial charge in [0, 0.05) is 5.88 Å². The van der Waals surface area contributed by atoms with Gasteiger partial charge in [-0.25, -0.2) is 0 Å². The molecule has 0 aliphatic heterocycles. The second-order valence-corrected chi connectivity index (χ2v) is 3.67. The van der Waals surface area contributed by atoms with Crippen LogP contribution in [0, 0.1) is 0 Å². The van der Waals surface area contributed by atoms with Crippen molar-refractivity contribution in [1.29, 1.82) is 0 Å². The Hall–Kier alpha value is 0.250. The van der Waals surface area contributed by atoms with E-state index in [9.17, 15) is 0 Å². The summed E-state index contributed by atoms with van der Waals surface area (Å²) in [5, 5.41) is 9.13. The van der Waals surface area contributed by atoms with Gasteiger partial charge in [0.05, 0.1) is 6.10 Å². The maximum atomic E-state index is 9.13. The van der Waals surface area contributed by atoms with Crippen LogP contribution in [0.1, 0.15) is 51.9 Å². The van der Waals surface area contributed by atoms with Gasteiger partial charge in [0.1, 0.15) is 0 Å². The summed E-state index contributed by atoms with van der Waals surface area (Å²) in [4.78, 5) is 0. The van der Waals surface area contributed by atoms with Gasteiger partial charge < -0.3 is 5.11 Å². The number of hydrogen-bond acceptors (Lipinski definition) is 1. The zero-order valence-corrected chi connectivity index (χ0v) is 8.82. The molecule has 0 saturated carbocycles. The molecule has 74 valence electrons. The van der Waals surface area contributed by atoms with E-state index in [0.29, 0.717) is 5.88 Å². The standard InChI is InChI=1S/C10H21ClO/c1-2-3-4-5-6-7-8-10(12)9-11/h10,12H,2-9H2,1H3. The predicted octanol–water partition coefficient (Wildman–Crippen LogP) is 3.34. The molecule has 1 nitrogen and oxygen atoms in total. The Bertz CT molecular complexity index is 85.9. The maximum absolute atomic E-state index is 9.13. The fourth-order valence-corrected chi connectivity index (χ4v) is 1.39. The smallest absolute Gasteiger partial charge is 0.0675 e. The lowest BCUT2D eigenvalue weighted by molar-refractivity contribution is 0.183. The topological polar surface area (TPSA) is 20.2 Å². The van der Waals surface area contributed by atoms with Gasteiger partial charge in [-0.2, -0.15) is 0 Å². The van der Waals surface area contributed by atoms with Crippen LogP contribution in [0.5, 0.6) is 0 Å². The molecule has 2 heteroatoms. The third-order valence-corrected chi connectivity index (χ3v) is 2.43. The maximum Gasteiger partial charge on any atom is 0.0675 e. The van der Waals surface area contributed by atoms with Crippen molar-refractivity contribution in [3.63, 3.8) is 0 Å². The zero-order valence-electron chi connectivity index (χ0n) is 8.06. The molecule has 0 amide bonds. The number of alkyl halides is 1. The van der Waals surface area contributed by atoms with Crippen molar-refractivity contribution in [2.24, 2.45) is 0 Å². The van der Waals surface area contributed by atoms with Gasteiger partial charge in [0.2, 0.25) is 0 Å². The first-order chi connectivity index (χ1) is 5.81. The number of rotatable bonds is 8. The van der Waals surface area contributed by atoms with Crippen molar-refractivity contribution in [1.82, 2.24) is 0 Å². The van der Waals surface area contributed by atoms with E-state index in [1.54, 1.807) is 0 Å². The third-order valence-electron chi connectivity index (χ3n) is 2.07. The van der Waals surface area contributed by atoms with Crippen LogP contribution < -0.4 is 0 Å². The minimum absolute atomic E-state index is 0.280. The van der Waals surface area contributed by atoms with E-state index in [0.717, 1.165) is 12.8 Å². The van der Waals surface area contributed by atoms with Gasteiger partial charge >= 0.3 is 0 Å². The summed E-state index contributed by atoms with van der Waals surface area (Å²) in [7, 11) is 0. The van der Waals surface area contributed by atoms with Gasteiger partial charge in [0.15, 0.2) is 0 Å². The van der Waals surface area contributed by atoms with Crippen molar-refractivity contribution in [2.75, 3.05) is 5.88 Å². The Balaban J connectivity index is 2.90. The average molecular weight is 193 g/mol. The molecule has 0 saturated heterocycles. The second kappa shape index (κ2) is 9.34. The predicted molar refractivity (Wildman–Crippen MR) is 54.7 cm³/mol. The molecule has 0 aromatic carbocycles. The van der Waals surface area contributed by atoms with Gasteiger partial charge in [0.25, 0.3) is 0 Å². The molecule has 0 spiro atoms. The molecule has 0 fully saturated rings. The van der Waals surface area contributed by atoms with Gasteiger partial charge in [-0.3, -0.25) is 0 Å². The second-order valence-electron chi connectivity index (χ2n) is 3.36. The summed E-state index contributed by atoms with van der Waals surface area (Å²) >= 11 is 5.46. The van der Waals surface area contributed by atoms with Crippen molar-refractivity contribution in [2.45, 2.75) is 58.0 Å². The van der Waals surface area contributed by atoms with Crippen LogP contribution in [-0.4, -0.2) is 17.1 Å². The summed E-state index contributed by atoms with van der Waals surface area (Å²) in [5.74, 6) is 0.384. The molecule has 0 aliphatic rings. The van der Waals surface area contributed by atoms with Crippen LogP contribution in [0.3, 0.4) is 0 Å². The largest absolute Gasteiger partial charge is 0.392 e.